The lowest BCUT2D eigenvalue weighted by molar-refractivity contribution is -0.140. The number of phenols is 1. The zero-order valence-electron chi connectivity index (χ0n) is 27.8. The maximum Gasteiger partial charge on any atom is 0.408 e. The quantitative estimate of drug-likeness (QED) is 0.172. The molecule has 45 heavy (non-hydrogen) atoms. The summed E-state index contributed by atoms with van der Waals surface area (Å²) in [4.78, 5) is 43.7. The van der Waals surface area contributed by atoms with Crippen molar-refractivity contribution in [2.45, 2.75) is 98.3 Å². The van der Waals surface area contributed by atoms with Crippen LogP contribution in [0.2, 0.25) is 0 Å². The maximum absolute atomic E-state index is 14.7. The van der Waals surface area contributed by atoms with Crippen LogP contribution in [0.3, 0.4) is 0 Å². The number of alkyl carbamates (subject to hydrolysis) is 1. The Morgan fingerprint density at radius 3 is 2.13 bits per heavy atom. The molecule has 0 saturated carbocycles. The van der Waals surface area contributed by atoms with Gasteiger partial charge in [0.2, 0.25) is 5.91 Å². The van der Waals surface area contributed by atoms with Gasteiger partial charge in [-0.15, -0.1) is 0 Å². The van der Waals surface area contributed by atoms with Crippen LogP contribution < -0.4 is 10.6 Å². The van der Waals surface area contributed by atoms with Gasteiger partial charge in [0.05, 0.1) is 0 Å². The van der Waals surface area contributed by atoms with Crippen molar-refractivity contribution >= 4 is 23.6 Å². The summed E-state index contributed by atoms with van der Waals surface area (Å²) in [6.45, 7) is 13.6. The summed E-state index contributed by atoms with van der Waals surface area (Å²) in [5.41, 5.74) is 4.16. The van der Waals surface area contributed by atoms with Crippen molar-refractivity contribution in [1.29, 1.82) is 0 Å². The summed E-state index contributed by atoms with van der Waals surface area (Å²) < 4.78 is 5.54. The summed E-state index contributed by atoms with van der Waals surface area (Å²) in [6.07, 6.45) is 3.02. The Morgan fingerprint density at radius 2 is 1.53 bits per heavy atom. The summed E-state index contributed by atoms with van der Waals surface area (Å²) in [5, 5.41) is 15.8. The second-order valence-electron chi connectivity index (χ2n) is 12.7. The van der Waals surface area contributed by atoms with Gasteiger partial charge >= 0.3 is 6.09 Å². The number of unbranched alkanes of at least 4 members (excludes halogenated alkanes) is 3. The van der Waals surface area contributed by atoms with E-state index in [1.807, 2.05) is 63.2 Å². The minimum Gasteiger partial charge on any atom is -0.508 e. The van der Waals surface area contributed by atoms with E-state index in [0.717, 1.165) is 41.5 Å². The Kier molecular flexibility index (Phi) is 12.6. The molecule has 0 heterocycles. The normalized spacial score (nSPS) is 12.6. The molecule has 0 aliphatic rings. The van der Waals surface area contributed by atoms with E-state index in [0.29, 0.717) is 24.2 Å². The van der Waals surface area contributed by atoms with E-state index in [9.17, 15) is 19.5 Å². The number of hydrogen-bond donors (Lipinski definition) is 3. The van der Waals surface area contributed by atoms with E-state index >= 15 is 0 Å². The number of anilines is 1. The number of nitrogens with one attached hydrogen (secondary N) is 2. The van der Waals surface area contributed by atoms with Crippen molar-refractivity contribution in [2.24, 2.45) is 0 Å². The number of carbonyl (C=O) groups excluding carboxylic acids is 3. The standard InChI is InChI=1S/C37H49N3O5/c1-8-9-10-11-22-40(35(43)31(38-36(44)45-37(5,6)7)24-28-18-20-30(41)21-19-28)33(29-17-12-14-25(2)23-29)34(42)39-32-26(3)15-13-16-27(32)4/h12-21,23,31,33,41H,8-11,22,24H2,1-7H3,(H,38,44)(H,39,42). The van der Waals surface area contributed by atoms with Crippen molar-refractivity contribution in [3.8, 4) is 5.75 Å². The van der Waals surface area contributed by atoms with Crippen molar-refractivity contribution in [1.82, 2.24) is 10.2 Å². The van der Waals surface area contributed by atoms with Crippen molar-refractivity contribution in [3.63, 3.8) is 0 Å². The molecule has 0 aromatic heterocycles. The molecular weight excluding hydrogens is 566 g/mol. The minimum atomic E-state index is -1.03. The van der Waals surface area contributed by atoms with Crippen LogP contribution in [-0.2, 0) is 20.7 Å². The number of hydrogen-bond acceptors (Lipinski definition) is 5. The molecule has 3 aromatic carbocycles. The van der Waals surface area contributed by atoms with Gasteiger partial charge in [-0.25, -0.2) is 4.79 Å². The third-order valence-electron chi connectivity index (χ3n) is 7.55. The number of rotatable bonds is 13. The number of nitrogens with zero attached hydrogens (tertiary/aromatic N) is 1. The highest BCUT2D eigenvalue weighted by Crippen LogP contribution is 2.28. The van der Waals surface area contributed by atoms with Crippen molar-refractivity contribution in [2.75, 3.05) is 11.9 Å². The first-order valence-corrected chi connectivity index (χ1v) is 15.8. The van der Waals surface area contributed by atoms with Crippen LogP contribution in [-0.4, -0.2) is 46.1 Å². The average Bonchev–Trinajstić information content (AvgIpc) is 2.96. The van der Waals surface area contributed by atoms with Crippen LogP contribution in [0.1, 0.15) is 87.2 Å². The third kappa shape index (κ3) is 10.7. The zero-order chi connectivity index (χ0) is 33.1. The molecule has 3 rings (SSSR count). The predicted molar refractivity (Wildman–Crippen MR) is 179 cm³/mol. The Labute approximate surface area is 268 Å². The first-order chi connectivity index (χ1) is 21.3. The van der Waals surface area contributed by atoms with E-state index in [4.69, 9.17) is 4.74 Å². The van der Waals surface area contributed by atoms with E-state index in [1.54, 1.807) is 49.9 Å². The highest BCUT2D eigenvalue weighted by Gasteiger charge is 2.36. The summed E-state index contributed by atoms with van der Waals surface area (Å²) >= 11 is 0. The van der Waals surface area contributed by atoms with Crippen molar-refractivity contribution < 1.29 is 24.2 Å². The van der Waals surface area contributed by atoms with Crippen LogP contribution in [0.5, 0.6) is 5.75 Å². The van der Waals surface area contributed by atoms with E-state index < -0.39 is 29.7 Å². The molecular formula is C37H49N3O5. The number of ether oxygens (including phenoxy) is 1. The van der Waals surface area contributed by atoms with Crippen LogP contribution in [0.15, 0.2) is 66.7 Å². The Bertz CT molecular complexity index is 1420. The minimum absolute atomic E-state index is 0.0990. The number of benzene rings is 3. The molecule has 0 spiro atoms. The summed E-state index contributed by atoms with van der Waals surface area (Å²) in [5.74, 6) is -0.627. The molecule has 0 radical (unpaired) electrons. The molecule has 2 unspecified atom stereocenters. The van der Waals surface area contributed by atoms with Crippen LogP contribution in [0.4, 0.5) is 10.5 Å². The molecule has 0 bridgehead atoms. The molecule has 3 N–H and O–H groups in total. The fraction of sp³-hybridized carbons (Fsp3) is 0.432. The molecule has 242 valence electrons. The van der Waals surface area contributed by atoms with Gasteiger partial charge in [0.15, 0.2) is 0 Å². The van der Waals surface area contributed by atoms with Gasteiger partial charge in [-0.05, 0) is 82.3 Å². The summed E-state index contributed by atoms with van der Waals surface area (Å²) in [6, 6.07) is 18.0. The van der Waals surface area contributed by atoms with Crippen LogP contribution in [0, 0.1) is 20.8 Å². The fourth-order valence-corrected chi connectivity index (χ4v) is 5.31. The molecule has 0 saturated heterocycles. The Morgan fingerprint density at radius 1 is 0.889 bits per heavy atom. The highest BCUT2D eigenvalue weighted by atomic mass is 16.6. The molecule has 0 aliphatic heterocycles. The summed E-state index contributed by atoms with van der Waals surface area (Å²) in [7, 11) is 0. The monoisotopic (exact) mass is 615 g/mol. The van der Waals surface area contributed by atoms with Gasteiger partial charge in [0, 0.05) is 18.7 Å². The molecule has 3 aromatic rings. The smallest absolute Gasteiger partial charge is 0.408 e. The third-order valence-corrected chi connectivity index (χ3v) is 7.55. The van der Waals surface area contributed by atoms with Gasteiger partial charge in [-0.2, -0.15) is 0 Å². The topological polar surface area (TPSA) is 108 Å². The fourth-order valence-electron chi connectivity index (χ4n) is 5.31. The maximum atomic E-state index is 14.7. The van der Waals surface area contributed by atoms with Gasteiger partial charge < -0.3 is 25.4 Å². The number of phenolic OH excluding ortho intramolecular Hbond substituents is 1. The number of aryl methyl sites for hydroxylation is 3. The Hall–Kier alpha value is -4.33. The molecule has 0 aliphatic carbocycles. The number of aromatic hydroxyl groups is 1. The molecule has 3 amide bonds. The van der Waals surface area contributed by atoms with Gasteiger partial charge in [-0.3, -0.25) is 9.59 Å². The second kappa shape index (κ2) is 16.1. The lowest BCUT2D eigenvalue weighted by Gasteiger charge is -2.35. The second-order valence-corrected chi connectivity index (χ2v) is 12.7. The lowest BCUT2D eigenvalue weighted by Crippen LogP contribution is -2.53. The Balaban J connectivity index is 2.10. The largest absolute Gasteiger partial charge is 0.508 e. The number of carbonyl (C=O) groups is 3. The van der Waals surface area contributed by atoms with Gasteiger partial charge in [0.1, 0.15) is 23.4 Å². The first-order valence-electron chi connectivity index (χ1n) is 15.8. The number of para-hydroxylation sites is 1. The molecule has 2 atom stereocenters. The highest BCUT2D eigenvalue weighted by molar-refractivity contribution is 6.00. The SMILES string of the molecule is CCCCCCN(C(=O)C(Cc1ccc(O)cc1)NC(=O)OC(C)(C)C)C(C(=O)Nc1c(C)cccc1C)c1cccc(C)c1. The van der Waals surface area contributed by atoms with Gasteiger partial charge in [-0.1, -0.05) is 86.3 Å². The number of amides is 3. The van der Waals surface area contributed by atoms with Crippen LogP contribution >= 0.6 is 0 Å². The molecule has 8 nitrogen and oxygen atoms in total. The van der Waals surface area contributed by atoms with E-state index in [2.05, 4.69) is 17.6 Å². The average molecular weight is 616 g/mol. The predicted octanol–water partition coefficient (Wildman–Crippen LogP) is 7.54. The van der Waals surface area contributed by atoms with Crippen LogP contribution in [0.25, 0.3) is 0 Å². The first kappa shape index (κ1) is 35.2. The van der Waals surface area contributed by atoms with Gasteiger partial charge in [0.25, 0.3) is 5.91 Å². The van der Waals surface area contributed by atoms with E-state index in [1.165, 1.54) is 0 Å². The zero-order valence-corrected chi connectivity index (χ0v) is 27.8. The van der Waals surface area contributed by atoms with Crippen molar-refractivity contribution in [3.05, 3.63) is 94.5 Å². The molecule has 8 heteroatoms. The molecule has 0 fully saturated rings. The van der Waals surface area contributed by atoms with E-state index in [-0.39, 0.29) is 18.1 Å². The lowest BCUT2D eigenvalue weighted by atomic mass is 9.98.